The monoisotopic (exact) mass is 397 g/mol. The van der Waals surface area contributed by atoms with Gasteiger partial charge in [-0.1, -0.05) is 0 Å². The zero-order chi connectivity index (χ0) is 14.1. The van der Waals surface area contributed by atoms with Crippen LogP contribution in [-0.4, -0.2) is 5.91 Å². The van der Waals surface area contributed by atoms with Gasteiger partial charge in [0.2, 0.25) is 0 Å². The van der Waals surface area contributed by atoms with Crippen LogP contribution in [0.5, 0.6) is 0 Å². The average Bonchev–Trinajstić information content (AvgIpc) is 2.44. The molecule has 20 heavy (non-hydrogen) atoms. The van der Waals surface area contributed by atoms with Gasteiger partial charge in [0.15, 0.2) is 0 Å². The molecule has 0 saturated heterocycles. The summed E-state index contributed by atoms with van der Waals surface area (Å²) >= 11 is 1.43. The maximum absolute atomic E-state index is 12.1. The Labute approximate surface area is 133 Å². The van der Waals surface area contributed by atoms with Crippen LogP contribution in [0.1, 0.15) is 12.5 Å². The molecule has 0 bridgehead atoms. The average molecular weight is 397 g/mol. The number of carbonyl (C=O) groups is 1. The number of hydrogen-bond acceptors (Lipinski definition) is 3. The van der Waals surface area contributed by atoms with E-state index in [0.717, 1.165) is 25.6 Å². The summed E-state index contributed by atoms with van der Waals surface area (Å²) in [5.74, 6) is 0.0404. The number of nitrogens with two attached hydrogens (primary N) is 1. The molecule has 3 rings (SSSR count). The van der Waals surface area contributed by atoms with Gasteiger partial charge in [0.05, 0.1) is 0 Å². The topological polar surface area (TPSA) is 46.3 Å². The van der Waals surface area contributed by atoms with E-state index >= 15 is 0 Å². The fourth-order valence-corrected chi connectivity index (χ4v) is 4.33. The number of fused-ring (bicyclic) bond motifs is 2. The van der Waals surface area contributed by atoms with Crippen LogP contribution in [0, 0.1) is 0 Å². The number of anilines is 2. The molecule has 1 amide bonds. The number of para-hydroxylation sites is 1. The Kier molecular flexibility index (Phi) is 4.00. The molecule has 1 heterocycles. The number of amides is 1. The number of halogens is 1. The summed E-state index contributed by atoms with van der Waals surface area (Å²) in [6.45, 7) is 1.61. The summed E-state index contributed by atoms with van der Waals surface area (Å²) in [5, 5.41) is 0. The first-order valence-electron chi connectivity index (χ1n) is 6.19. The second-order valence-corrected chi connectivity index (χ2v) is 7.24. The van der Waals surface area contributed by atoms with Gasteiger partial charge >= 0.3 is 133 Å². The molecule has 2 N–H and O–H groups in total. The second kappa shape index (κ2) is 5.75. The molecule has 1 aliphatic heterocycles. The number of carbonyl (C=O) groups excluding carboxylic acids is 1. The summed E-state index contributed by atoms with van der Waals surface area (Å²) in [6, 6.07) is 14.3. The fourth-order valence-electron chi connectivity index (χ4n) is 2.31. The Hall–Kier alpha value is -1.05. The van der Waals surface area contributed by atoms with E-state index in [9.17, 15) is 4.79 Å². The SMILES string of the molecule is CC(=O)N1c2ccccc2Sc2ccc(C[I-]N)cc21. The van der Waals surface area contributed by atoms with Crippen molar-refractivity contribution in [2.24, 2.45) is 3.95 Å². The van der Waals surface area contributed by atoms with Gasteiger partial charge in [-0.3, -0.25) is 0 Å². The Morgan fingerprint density at radius 1 is 1.20 bits per heavy atom. The second-order valence-electron chi connectivity index (χ2n) is 4.51. The standard InChI is InChI=1S/C15H14IN2OS/c1-10(19)18-12-4-2-3-5-14(12)20-15-7-6-11(9-16-17)8-13(15)18/h2-8H,9,17H2,1H3/q-1. The van der Waals surface area contributed by atoms with Crippen LogP contribution in [0.15, 0.2) is 52.3 Å². The number of benzene rings is 2. The molecule has 0 spiro atoms. The van der Waals surface area contributed by atoms with E-state index < -0.39 is 0 Å². The Bertz CT molecular complexity index is 675. The van der Waals surface area contributed by atoms with E-state index in [0.29, 0.717) is 0 Å². The summed E-state index contributed by atoms with van der Waals surface area (Å²) in [5.41, 5.74) is 3.17. The predicted molar refractivity (Wildman–Crippen MR) is 77.7 cm³/mol. The third kappa shape index (κ3) is 2.45. The molecule has 0 saturated carbocycles. The predicted octanol–water partition coefficient (Wildman–Crippen LogP) is 0.298. The van der Waals surface area contributed by atoms with Crippen LogP contribution in [0.25, 0.3) is 0 Å². The first-order valence-corrected chi connectivity index (χ1v) is 9.78. The van der Waals surface area contributed by atoms with E-state index in [1.807, 2.05) is 18.2 Å². The van der Waals surface area contributed by atoms with Gasteiger partial charge in [-0.05, 0) is 0 Å². The van der Waals surface area contributed by atoms with Gasteiger partial charge in [0.25, 0.3) is 0 Å². The molecule has 0 aliphatic carbocycles. The van der Waals surface area contributed by atoms with Gasteiger partial charge < -0.3 is 0 Å². The first-order chi connectivity index (χ1) is 9.70. The van der Waals surface area contributed by atoms with Crippen molar-refractivity contribution >= 4 is 29.0 Å². The Morgan fingerprint density at radius 3 is 2.70 bits per heavy atom. The van der Waals surface area contributed by atoms with Crippen molar-refractivity contribution in [3.8, 4) is 0 Å². The Morgan fingerprint density at radius 2 is 1.95 bits per heavy atom. The molecule has 3 nitrogen and oxygen atoms in total. The van der Waals surface area contributed by atoms with E-state index in [4.69, 9.17) is 3.95 Å². The van der Waals surface area contributed by atoms with Crippen molar-refractivity contribution in [3.63, 3.8) is 0 Å². The van der Waals surface area contributed by atoms with Crippen molar-refractivity contribution < 1.29 is 26.3 Å². The molecular weight excluding hydrogens is 383 g/mol. The number of hydrogen-bond donors (Lipinski definition) is 1. The molecular formula is C15H14IN2OS-. The first kappa shape index (κ1) is 13.9. The van der Waals surface area contributed by atoms with Gasteiger partial charge in [-0.2, -0.15) is 0 Å². The van der Waals surface area contributed by atoms with Gasteiger partial charge in [-0.25, -0.2) is 0 Å². The fraction of sp³-hybridized carbons (Fsp3) is 0.133. The third-order valence-electron chi connectivity index (χ3n) is 3.14. The van der Waals surface area contributed by atoms with Crippen molar-refractivity contribution in [2.45, 2.75) is 21.1 Å². The molecule has 2 aromatic carbocycles. The molecule has 0 fully saturated rings. The zero-order valence-corrected chi connectivity index (χ0v) is 13.9. The van der Waals surface area contributed by atoms with E-state index in [2.05, 4.69) is 24.3 Å². The molecule has 0 atom stereocenters. The third-order valence-corrected chi connectivity index (χ3v) is 5.59. The van der Waals surface area contributed by atoms with Crippen molar-refractivity contribution in [1.29, 1.82) is 0 Å². The number of rotatable bonds is 2. The van der Waals surface area contributed by atoms with Crippen molar-refractivity contribution in [1.82, 2.24) is 0 Å². The number of alkyl halides is 1. The summed E-state index contributed by atoms with van der Waals surface area (Å²) in [7, 11) is 0. The number of nitrogens with zero attached hydrogens (tertiary/aromatic N) is 1. The molecule has 1 aliphatic rings. The Balaban J connectivity index is 2.14. The van der Waals surface area contributed by atoms with Crippen molar-refractivity contribution in [3.05, 3.63) is 48.0 Å². The molecule has 0 unspecified atom stereocenters. The van der Waals surface area contributed by atoms with Gasteiger partial charge in [0, 0.05) is 0 Å². The zero-order valence-electron chi connectivity index (χ0n) is 11.0. The quantitative estimate of drug-likeness (QED) is 0.451. The minimum absolute atomic E-state index is 0.0404. The molecule has 2 aromatic rings. The summed E-state index contributed by atoms with van der Waals surface area (Å²) in [6.07, 6.45) is 0. The summed E-state index contributed by atoms with van der Waals surface area (Å²) < 4.78 is 6.67. The maximum atomic E-state index is 12.1. The van der Waals surface area contributed by atoms with Gasteiger partial charge in [0.1, 0.15) is 0 Å². The van der Waals surface area contributed by atoms with Crippen LogP contribution >= 0.6 is 11.8 Å². The van der Waals surface area contributed by atoms with Crippen molar-refractivity contribution in [2.75, 3.05) is 4.90 Å². The van der Waals surface area contributed by atoms with Crippen LogP contribution < -0.4 is 30.3 Å². The van der Waals surface area contributed by atoms with E-state index in [-0.39, 0.29) is 27.4 Å². The van der Waals surface area contributed by atoms with Crippen LogP contribution in [0.4, 0.5) is 11.4 Å². The van der Waals surface area contributed by atoms with E-state index in [1.54, 1.807) is 23.6 Å². The van der Waals surface area contributed by atoms with E-state index in [1.165, 1.54) is 5.56 Å². The molecule has 0 radical (unpaired) electrons. The van der Waals surface area contributed by atoms with Crippen LogP contribution in [0.2, 0.25) is 0 Å². The summed E-state index contributed by atoms with van der Waals surface area (Å²) in [4.78, 5) is 16.1. The molecule has 5 heteroatoms. The van der Waals surface area contributed by atoms with Crippen LogP contribution in [-0.2, 0) is 9.22 Å². The minimum atomic E-state index is -0.280. The molecule has 0 aromatic heterocycles. The van der Waals surface area contributed by atoms with Gasteiger partial charge in [-0.15, -0.1) is 0 Å². The normalized spacial score (nSPS) is 13.0. The van der Waals surface area contributed by atoms with Crippen LogP contribution in [0.3, 0.4) is 0 Å². The molecule has 104 valence electrons.